The summed E-state index contributed by atoms with van der Waals surface area (Å²) in [7, 11) is 1.69. The number of hydrogen-bond acceptors (Lipinski definition) is 5. The number of hydrogen-bond donors (Lipinski definition) is 0. The Morgan fingerprint density at radius 1 is 1.11 bits per heavy atom. The van der Waals surface area contributed by atoms with E-state index in [9.17, 15) is 4.79 Å². The van der Waals surface area contributed by atoms with Crippen molar-refractivity contribution in [3.05, 3.63) is 80.8 Å². The number of nitrogens with zero attached hydrogens (tertiary/aromatic N) is 7. The van der Waals surface area contributed by atoms with Gasteiger partial charge in [-0.1, -0.05) is 37.8 Å². The Kier molecular flexibility index (Phi) is 6.02. The van der Waals surface area contributed by atoms with Gasteiger partial charge in [-0.05, 0) is 38.0 Å². The van der Waals surface area contributed by atoms with Crippen LogP contribution in [0.4, 0.5) is 11.6 Å². The minimum absolute atomic E-state index is 0.104. The van der Waals surface area contributed by atoms with E-state index in [2.05, 4.69) is 74.5 Å². The van der Waals surface area contributed by atoms with Crippen molar-refractivity contribution in [3.63, 3.8) is 0 Å². The molecule has 0 bridgehead atoms. The monoisotopic (exact) mass is 481 g/mol. The Labute approximate surface area is 211 Å². The van der Waals surface area contributed by atoms with E-state index < -0.39 is 0 Å². The first-order chi connectivity index (χ1) is 17.3. The average molecular weight is 482 g/mol. The van der Waals surface area contributed by atoms with Crippen molar-refractivity contribution in [2.24, 2.45) is 7.05 Å². The molecule has 2 aliphatic rings. The average Bonchev–Trinajstić information content (AvgIpc) is 3.71. The van der Waals surface area contributed by atoms with Gasteiger partial charge in [0.1, 0.15) is 0 Å². The van der Waals surface area contributed by atoms with Crippen molar-refractivity contribution in [1.29, 1.82) is 0 Å². The summed E-state index contributed by atoms with van der Waals surface area (Å²) in [6, 6.07) is 12.6. The van der Waals surface area contributed by atoms with Gasteiger partial charge in [-0.15, -0.1) is 4.98 Å². The second-order valence-electron chi connectivity index (χ2n) is 10.1. The summed E-state index contributed by atoms with van der Waals surface area (Å²) < 4.78 is 1.49. The number of anilines is 1. The summed E-state index contributed by atoms with van der Waals surface area (Å²) in [5.41, 5.74) is 3.06. The minimum Gasteiger partial charge on any atom is -0.361 e. The van der Waals surface area contributed by atoms with Gasteiger partial charge >= 0.3 is 5.69 Å². The van der Waals surface area contributed by atoms with Crippen LogP contribution in [-0.4, -0.2) is 44.6 Å². The molecule has 0 N–H and O–H groups in total. The molecule has 0 radical (unpaired) electrons. The summed E-state index contributed by atoms with van der Waals surface area (Å²) in [4.78, 5) is 33.8. The first kappa shape index (κ1) is 24.0. The van der Waals surface area contributed by atoms with Crippen molar-refractivity contribution >= 4 is 22.7 Å². The molecule has 1 aromatic carbocycles. The Balaban J connectivity index is 1.45. The summed E-state index contributed by atoms with van der Waals surface area (Å²) in [5, 5.41) is 0. The lowest BCUT2D eigenvalue weighted by Crippen LogP contribution is -2.58. The van der Waals surface area contributed by atoms with Crippen LogP contribution in [-0.2, 0) is 12.6 Å². The number of piperazine rings is 1. The molecule has 5 rings (SSSR count). The lowest BCUT2D eigenvalue weighted by atomic mass is 9.96. The number of pyridine rings is 1. The standard InChI is InChI=1S/C28H31N7O/c1-7-22-17-34(26-25-23(33(6)27(36)32-26)12-13-24(29-4)31-25)18(2)16-35(22)19(3)20-8-10-21(11-9-20)28(30-5)14-15-28/h8-13,18-19,22H,7,14-17H2,1-3,6H3/t18-,19?,22+/m0/s1. The van der Waals surface area contributed by atoms with Crippen molar-refractivity contribution in [3.8, 4) is 0 Å². The molecule has 3 atom stereocenters. The maximum absolute atomic E-state index is 12.7. The van der Waals surface area contributed by atoms with Gasteiger partial charge in [0.05, 0.1) is 5.52 Å². The molecule has 0 amide bonds. The van der Waals surface area contributed by atoms with E-state index in [-0.39, 0.29) is 29.4 Å². The van der Waals surface area contributed by atoms with E-state index >= 15 is 0 Å². The second kappa shape index (κ2) is 9.04. The fourth-order valence-electron chi connectivity index (χ4n) is 5.51. The Morgan fingerprint density at radius 3 is 2.44 bits per heavy atom. The first-order valence-corrected chi connectivity index (χ1v) is 12.6. The lowest BCUT2D eigenvalue weighted by Gasteiger charge is -2.48. The number of aryl methyl sites for hydroxylation is 1. The molecular formula is C28H31N7O. The van der Waals surface area contributed by atoms with Gasteiger partial charge in [0.2, 0.25) is 5.52 Å². The third-order valence-electron chi connectivity index (χ3n) is 8.03. The highest BCUT2D eigenvalue weighted by Crippen LogP contribution is 2.49. The van der Waals surface area contributed by atoms with Gasteiger partial charge in [0.25, 0.3) is 11.4 Å². The van der Waals surface area contributed by atoms with Crippen LogP contribution in [0.1, 0.15) is 57.2 Å². The van der Waals surface area contributed by atoms with Crippen molar-refractivity contribution in [2.45, 2.75) is 63.7 Å². The largest absolute Gasteiger partial charge is 0.361 e. The molecule has 3 heterocycles. The van der Waals surface area contributed by atoms with Crippen LogP contribution in [0.5, 0.6) is 0 Å². The van der Waals surface area contributed by atoms with Crippen molar-refractivity contribution in [1.82, 2.24) is 19.4 Å². The SMILES string of the molecule is [C-]#[N+]c1ccc2c(n1)c(N1C[C@@H](CC)N(C(C)c3ccc(C4([N+]#[C-])CC4)cc3)C[C@@H]1C)nc(=O)n2C. The van der Waals surface area contributed by atoms with Crippen LogP contribution in [0.2, 0.25) is 0 Å². The van der Waals surface area contributed by atoms with Gasteiger partial charge in [-0.25, -0.2) is 11.4 Å². The quantitative estimate of drug-likeness (QED) is 0.488. The van der Waals surface area contributed by atoms with Gasteiger partial charge in [-0.3, -0.25) is 9.47 Å². The predicted molar refractivity (Wildman–Crippen MR) is 141 cm³/mol. The molecule has 8 heteroatoms. The van der Waals surface area contributed by atoms with Gasteiger partial charge in [0.15, 0.2) is 5.82 Å². The number of fused-ring (bicyclic) bond motifs is 1. The Bertz CT molecular complexity index is 1440. The molecule has 1 saturated heterocycles. The highest BCUT2D eigenvalue weighted by molar-refractivity contribution is 5.87. The topological polar surface area (TPSA) is 63.0 Å². The summed E-state index contributed by atoms with van der Waals surface area (Å²) in [6.07, 6.45) is 2.87. The van der Waals surface area contributed by atoms with Crippen LogP contribution in [0.3, 0.4) is 0 Å². The van der Waals surface area contributed by atoms with E-state index in [1.165, 1.54) is 10.1 Å². The normalized spacial score (nSPS) is 22.1. The first-order valence-electron chi connectivity index (χ1n) is 12.6. The van der Waals surface area contributed by atoms with Gasteiger partial charge in [-0.2, -0.15) is 4.98 Å². The van der Waals surface area contributed by atoms with Crippen LogP contribution in [0.25, 0.3) is 20.7 Å². The van der Waals surface area contributed by atoms with Crippen molar-refractivity contribution < 1.29 is 0 Å². The Hall–Kier alpha value is -3.75. The van der Waals surface area contributed by atoms with Crippen molar-refractivity contribution in [2.75, 3.05) is 18.0 Å². The number of rotatable bonds is 5. The van der Waals surface area contributed by atoms with Gasteiger partial charge in [0, 0.05) is 56.7 Å². The third kappa shape index (κ3) is 3.92. The molecule has 2 aromatic heterocycles. The number of aromatic nitrogens is 3. The highest BCUT2D eigenvalue weighted by Gasteiger charge is 2.52. The zero-order chi connectivity index (χ0) is 25.6. The van der Waals surface area contributed by atoms with Crippen LogP contribution in [0, 0.1) is 13.1 Å². The smallest absolute Gasteiger partial charge is 0.350 e. The minimum atomic E-state index is -0.321. The van der Waals surface area contributed by atoms with E-state index in [1.807, 2.05) is 0 Å². The molecular weight excluding hydrogens is 450 g/mol. The molecule has 2 fully saturated rings. The maximum atomic E-state index is 12.7. The zero-order valence-electron chi connectivity index (χ0n) is 21.3. The molecule has 0 spiro atoms. The fraction of sp³-hybridized carbons (Fsp3) is 0.464. The summed E-state index contributed by atoms with van der Waals surface area (Å²) >= 11 is 0. The predicted octanol–water partition coefficient (Wildman–Crippen LogP) is 4.84. The molecule has 3 aromatic rings. The summed E-state index contributed by atoms with van der Waals surface area (Å²) in [6.45, 7) is 23.1. The molecule has 1 aliphatic heterocycles. The Morgan fingerprint density at radius 2 is 1.83 bits per heavy atom. The molecule has 184 valence electrons. The van der Waals surface area contributed by atoms with E-state index in [1.54, 1.807) is 19.2 Å². The molecule has 8 nitrogen and oxygen atoms in total. The molecule has 36 heavy (non-hydrogen) atoms. The van der Waals surface area contributed by atoms with Gasteiger partial charge < -0.3 is 14.6 Å². The van der Waals surface area contributed by atoms with E-state index in [0.717, 1.165) is 37.9 Å². The molecule has 1 unspecified atom stereocenters. The second-order valence-corrected chi connectivity index (χ2v) is 10.1. The van der Waals surface area contributed by atoms with E-state index in [4.69, 9.17) is 13.1 Å². The van der Waals surface area contributed by atoms with Crippen LogP contribution >= 0.6 is 0 Å². The van der Waals surface area contributed by atoms with E-state index in [0.29, 0.717) is 22.7 Å². The van der Waals surface area contributed by atoms with Crippen LogP contribution in [0.15, 0.2) is 41.2 Å². The molecule has 1 aliphatic carbocycles. The maximum Gasteiger partial charge on any atom is 0.350 e. The highest BCUT2D eigenvalue weighted by atomic mass is 16.1. The van der Waals surface area contributed by atoms with Crippen LogP contribution < -0.4 is 10.6 Å². The fourth-order valence-corrected chi connectivity index (χ4v) is 5.51. The zero-order valence-corrected chi connectivity index (χ0v) is 21.3. The molecule has 1 saturated carbocycles. The third-order valence-corrected chi connectivity index (χ3v) is 8.03. The summed E-state index contributed by atoms with van der Waals surface area (Å²) in [5.74, 6) is 0.862. The number of benzene rings is 1. The lowest BCUT2D eigenvalue weighted by molar-refractivity contribution is 0.106.